The van der Waals surface area contributed by atoms with E-state index in [2.05, 4.69) is 86.4 Å². The third-order valence-electron chi connectivity index (χ3n) is 5.94. The van der Waals surface area contributed by atoms with Gasteiger partial charge < -0.3 is 4.42 Å². The molecule has 0 aliphatic carbocycles. The Labute approximate surface area is 193 Å². The molecule has 3 aromatic carbocycles. The molecule has 33 heavy (non-hydrogen) atoms. The summed E-state index contributed by atoms with van der Waals surface area (Å²) in [5.74, 6) is 1.52. The third kappa shape index (κ3) is 4.14. The standard InChI is InChI=1S/C28H28N4O/c1-17-14-18(2)26-21(15-17)24(31-32-27-29-22-8-6-7-9-23(22)30-27)16-25(33-26)19-10-12-20(13-11-19)28(3,4)5/h6-16H,1-5H3,(H2,29,30,32)/p+1. The average Bonchev–Trinajstić information content (AvgIpc) is 3.20. The van der Waals surface area contributed by atoms with Crippen LogP contribution in [0, 0.1) is 13.8 Å². The van der Waals surface area contributed by atoms with Gasteiger partial charge >= 0.3 is 5.95 Å². The van der Waals surface area contributed by atoms with Gasteiger partial charge in [-0.3, -0.25) is 0 Å². The van der Waals surface area contributed by atoms with Crippen molar-refractivity contribution in [3.05, 3.63) is 88.8 Å². The Bertz CT molecular complexity index is 1500. The second-order valence-electron chi connectivity index (χ2n) is 9.68. The monoisotopic (exact) mass is 437 g/mol. The molecule has 166 valence electrons. The van der Waals surface area contributed by atoms with Crippen molar-refractivity contribution in [2.75, 3.05) is 5.43 Å². The molecule has 3 N–H and O–H groups in total. The Morgan fingerprint density at radius 1 is 0.939 bits per heavy atom. The number of hydrogen-bond acceptors (Lipinski definition) is 3. The van der Waals surface area contributed by atoms with Crippen molar-refractivity contribution < 1.29 is 9.40 Å². The summed E-state index contributed by atoms with van der Waals surface area (Å²) < 4.78 is 6.40. The van der Waals surface area contributed by atoms with Gasteiger partial charge in [0.2, 0.25) is 0 Å². The lowest BCUT2D eigenvalue weighted by Crippen LogP contribution is -2.12. The van der Waals surface area contributed by atoms with Crippen LogP contribution in [0.1, 0.15) is 37.5 Å². The van der Waals surface area contributed by atoms with Gasteiger partial charge in [0.05, 0.1) is 0 Å². The summed E-state index contributed by atoms with van der Waals surface area (Å²) in [4.78, 5) is 6.64. The van der Waals surface area contributed by atoms with Crippen molar-refractivity contribution in [1.82, 2.24) is 4.98 Å². The second kappa shape index (κ2) is 7.93. The molecule has 0 saturated carbocycles. The number of aromatic amines is 2. The number of para-hydroxylation sites is 2. The number of anilines is 1. The number of aromatic nitrogens is 2. The van der Waals surface area contributed by atoms with Crippen LogP contribution in [0.2, 0.25) is 0 Å². The summed E-state index contributed by atoms with van der Waals surface area (Å²) in [6.45, 7) is 10.8. The summed E-state index contributed by atoms with van der Waals surface area (Å²) in [5.41, 5.74) is 10.7. The van der Waals surface area contributed by atoms with E-state index in [0.29, 0.717) is 0 Å². The van der Waals surface area contributed by atoms with Crippen LogP contribution in [-0.2, 0) is 5.41 Å². The van der Waals surface area contributed by atoms with E-state index < -0.39 is 0 Å². The maximum absolute atomic E-state index is 6.40. The zero-order valence-corrected chi connectivity index (χ0v) is 19.7. The molecular weight excluding hydrogens is 408 g/mol. The average molecular weight is 438 g/mol. The number of fused-ring (bicyclic) bond motifs is 2. The summed E-state index contributed by atoms with van der Waals surface area (Å²) in [6, 6.07) is 22.9. The van der Waals surface area contributed by atoms with Gasteiger partial charge in [-0.2, -0.15) is 5.43 Å². The predicted molar refractivity (Wildman–Crippen MR) is 134 cm³/mol. The van der Waals surface area contributed by atoms with Gasteiger partial charge in [0.1, 0.15) is 27.7 Å². The van der Waals surface area contributed by atoms with Crippen LogP contribution in [-0.4, -0.2) is 4.98 Å². The summed E-state index contributed by atoms with van der Waals surface area (Å²) in [6.07, 6.45) is 0. The van der Waals surface area contributed by atoms with E-state index in [4.69, 9.17) is 9.52 Å². The zero-order chi connectivity index (χ0) is 23.2. The van der Waals surface area contributed by atoms with Crippen molar-refractivity contribution in [1.29, 1.82) is 0 Å². The topological polar surface area (TPSA) is 67.5 Å². The van der Waals surface area contributed by atoms with Crippen LogP contribution in [0.3, 0.4) is 0 Å². The first-order chi connectivity index (χ1) is 15.8. The molecule has 5 heteroatoms. The fraction of sp³-hybridized carbons (Fsp3) is 0.214. The van der Waals surface area contributed by atoms with E-state index in [0.717, 1.165) is 50.2 Å². The van der Waals surface area contributed by atoms with Gasteiger partial charge in [-0.25, -0.2) is 9.97 Å². The predicted octanol–water partition coefficient (Wildman–Crippen LogP) is 6.24. The summed E-state index contributed by atoms with van der Waals surface area (Å²) in [7, 11) is 0. The minimum atomic E-state index is 0.105. The Morgan fingerprint density at radius 3 is 2.42 bits per heavy atom. The first kappa shape index (κ1) is 21.0. The number of rotatable bonds is 3. The summed E-state index contributed by atoms with van der Waals surface area (Å²) in [5, 5.41) is 6.55. The highest BCUT2D eigenvalue weighted by Gasteiger charge is 2.15. The Morgan fingerprint density at radius 2 is 1.70 bits per heavy atom. The van der Waals surface area contributed by atoms with Crippen LogP contribution in [0.5, 0.6) is 0 Å². The van der Waals surface area contributed by atoms with E-state index in [1.54, 1.807) is 0 Å². The molecule has 5 rings (SSSR count). The fourth-order valence-corrected chi connectivity index (χ4v) is 4.16. The van der Waals surface area contributed by atoms with Crippen LogP contribution >= 0.6 is 0 Å². The van der Waals surface area contributed by atoms with E-state index >= 15 is 0 Å². The number of imidazole rings is 1. The van der Waals surface area contributed by atoms with Crippen molar-refractivity contribution in [3.8, 4) is 11.3 Å². The van der Waals surface area contributed by atoms with Crippen molar-refractivity contribution >= 4 is 28.0 Å². The molecule has 2 heterocycles. The molecule has 0 unspecified atom stereocenters. The van der Waals surface area contributed by atoms with E-state index in [9.17, 15) is 0 Å². The van der Waals surface area contributed by atoms with Crippen LogP contribution in [0.25, 0.3) is 33.3 Å². The highest BCUT2D eigenvalue weighted by Crippen LogP contribution is 2.28. The zero-order valence-electron chi connectivity index (χ0n) is 19.7. The van der Waals surface area contributed by atoms with Gasteiger partial charge in [0.15, 0.2) is 0 Å². The highest BCUT2D eigenvalue weighted by atomic mass is 16.3. The molecule has 0 atom stereocenters. The van der Waals surface area contributed by atoms with Gasteiger partial charge in [-0.15, -0.1) is 5.10 Å². The second-order valence-corrected chi connectivity index (χ2v) is 9.68. The molecule has 0 amide bonds. The van der Waals surface area contributed by atoms with E-state index in [1.165, 1.54) is 11.1 Å². The number of nitrogens with one attached hydrogen (secondary N) is 3. The van der Waals surface area contributed by atoms with Crippen molar-refractivity contribution in [2.45, 2.75) is 40.0 Å². The smallest absolute Gasteiger partial charge is 0.377 e. The molecule has 5 nitrogen and oxygen atoms in total. The van der Waals surface area contributed by atoms with Gasteiger partial charge in [0.25, 0.3) is 0 Å². The lowest BCUT2D eigenvalue weighted by molar-refractivity contribution is -0.326. The Hall–Kier alpha value is -3.86. The molecule has 0 bridgehead atoms. The van der Waals surface area contributed by atoms with Crippen LogP contribution in [0.4, 0.5) is 5.95 Å². The highest BCUT2D eigenvalue weighted by molar-refractivity contribution is 5.82. The van der Waals surface area contributed by atoms with Gasteiger partial charge in [0, 0.05) is 17.0 Å². The number of aryl methyl sites for hydroxylation is 2. The number of benzene rings is 3. The van der Waals surface area contributed by atoms with Gasteiger partial charge in [-0.1, -0.05) is 63.2 Å². The molecule has 0 radical (unpaired) electrons. The molecular formula is C28H29N4O+. The fourth-order valence-electron chi connectivity index (χ4n) is 4.16. The van der Waals surface area contributed by atoms with Crippen LogP contribution < -0.4 is 15.8 Å². The largest absolute Gasteiger partial charge is 0.456 e. The maximum atomic E-state index is 6.40. The van der Waals surface area contributed by atoms with Gasteiger partial charge in [-0.05, 0) is 54.2 Å². The molecule has 0 spiro atoms. The minimum Gasteiger partial charge on any atom is -0.456 e. The SMILES string of the molecule is Cc1cc(C)c2oc(-c3ccc(C(C)(C)C)cc3)cc(=NNc3[nH]c4ccccc4[nH+]3)c2c1. The maximum Gasteiger partial charge on any atom is 0.377 e. The lowest BCUT2D eigenvalue weighted by atomic mass is 9.86. The number of nitrogens with zero attached hydrogens (tertiary/aromatic N) is 1. The Balaban J connectivity index is 1.64. The number of hydrogen-bond donors (Lipinski definition) is 2. The Kier molecular flexibility index (Phi) is 5.05. The summed E-state index contributed by atoms with van der Waals surface area (Å²) >= 11 is 0. The quantitative estimate of drug-likeness (QED) is 0.328. The molecule has 5 aromatic rings. The molecule has 0 fully saturated rings. The molecule has 0 aliphatic rings. The minimum absolute atomic E-state index is 0.105. The molecule has 0 aliphatic heterocycles. The molecule has 2 aromatic heterocycles. The normalized spacial score (nSPS) is 12.6. The third-order valence-corrected chi connectivity index (χ3v) is 5.94. The van der Waals surface area contributed by atoms with E-state index in [-0.39, 0.29) is 5.41 Å². The van der Waals surface area contributed by atoms with E-state index in [1.807, 2.05) is 30.3 Å². The number of H-pyrrole nitrogens is 2. The lowest BCUT2D eigenvalue weighted by Gasteiger charge is -2.19. The van der Waals surface area contributed by atoms with Crippen LogP contribution in [0.15, 0.2) is 76.2 Å². The molecule has 0 saturated heterocycles. The van der Waals surface area contributed by atoms with Crippen molar-refractivity contribution in [2.24, 2.45) is 5.10 Å². The first-order valence-electron chi connectivity index (χ1n) is 11.2. The van der Waals surface area contributed by atoms with Crippen molar-refractivity contribution in [3.63, 3.8) is 0 Å². The first-order valence-corrected chi connectivity index (χ1v) is 11.2.